The molecule has 0 spiro atoms. The molecule has 22 heavy (non-hydrogen) atoms. The Morgan fingerprint density at radius 3 is 2.73 bits per heavy atom. The Morgan fingerprint density at radius 1 is 1.32 bits per heavy atom. The number of nitrogens with zero attached hydrogens (tertiary/aromatic N) is 2. The molecule has 0 saturated heterocycles. The monoisotopic (exact) mass is 324 g/mol. The second kappa shape index (κ2) is 9.17. The van der Waals surface area contributed by atoms with Crippen molar-refractivity contribution in [3.05, 3.63) is 36.2 Å². The van der Waals surface area contributed by atoms with Crippen LogP contribution in [-0.4, -0.2) is 29.6 Å². The zero-order valence-electron chi connectivity index (χ0n) is 12.7. The maximum absolute atomic E-state index is 11.8. The summed E-state index contributed by atoms with van der Waals surface area (Å²) in [5.41, 5.74) is 0.865. The number of hydrogen-bond donors (Lipinski definition) is 2. The van der Waals surface area contributed by atoms with Crippen LogP contribution in [-0.2, 0) is 4.79 Å². The van der Waals surface area contributed by atoms with Gasteiger partial charge in [-0.25, -0.2) is 0 Å². The number of benzene rings is 1. The number of aromatic nitrogens is 2. The first-order valence-electron chi connectivity index (χ1n) is 7.03. The van der Waals surface area contributed by atoms with Crippen LogP contribution in [0.3, 0.4) is 0 Å². The van der Waals surface area contributed by atoms with Crippen molar-refractivity contribution in [3.63, 3.8) is 0 Å². The molecule has 0 aliphatic carbocycles. The Balaban J connectivity index is 0.00000242. The highest BCUT2D eigenvalue weighted by atomic mass is 35.5. The van der Waals surface area contributed by atoms with Crippen molar-refractivity contribution < 1.29 is 9.32 Å². The molecule has 0 radical (unpaired) electrons. The zero-order chi connectivity index (χ0) is 15.1. The average Bonchev–Trinajstić information content (AvgIpc) is 2.98. The summed E-state index contributed by atoms with van der Waals surface area (Å²) in [6.07, 6.45) is 1.28. The number of nitrogens with one attached hydrogen (secondary N) is 2. The molecule has 0 fully saturated rings. The lowest BCUT2D eigenvalue weighted by molar-refractivity contribution is -0.121. The molecule has 1 heterocycles. The van der Waals surface area contributed by atoms with Gasteiger partial charge in [0, 0.05) is 12.0 Å². The lowest BCUT2D eigenvalue weighted by Crippen LogP contribution is -2.27. The minimum Gasteiger partial charge on any atom is -0.346 e. The molecule has 0 aliphatic rings. The molecular formula is C15H21ClN4O2. The van der Waals surface area contributed by atoms with Gasteiger partial charge >= 0.3 is 0 Å². The Morgan fingerprint density at radius 2 is 2.05 bits per heavy atom. The van der Waals surface area contributed by atoms with Gasteiger partial charge in [-0.3, -0.25) is 4.79 Å². The summed E-state index contributed by atoms with van der Waals surface area (Å²) < 4.78 is 5.23. The van der Waals surface area contributed by atoms with Crippen LogP contribution in [0, 0.1) is 0 Å². The van der Waals surface area contributed by atoms with Gasteiger partial charge in [0.1, 0.15) is 0 Å². The van der Waals surface area contributed by atoms with Crippen molar-refractivity contribution in [3.8, 4) is 11.5 Å². The number of rotatable bonds is 7. The minimum absolute atomic E-state index is 0. The summed E-state index contributed by atoms with van der Waals surface area (Å²) in [6.45, 7) is 2.66. The lowest BCUT2D eigenvalue weighted by Gasteiger charge is -2.09. The van der Waals surface area contributed by atoms with E-state index in [1.165, 1.54) is 0 Å². The molecule has 0 aliphatic heterocycles. The normalized spacial score (nSPS) is 11.5. The topological polar surface area (TPSA) is 80.0 Å². The van der Waals surface area contributed by atoms with Gasteiger partial charge in [0.05, 0.1) is 6.04 Å². The van der Waals surface area contributed by atoms with Gasteiger partial charge in [-0.2, -0.15) is 4.98 Å². The quantitative estimate of drug-likeness (QED) is 0.764. The largest absolute Gasteiger partial charge is 0.346 e. The van der Waals surface area contributed by atoms with Crippen molar-refractivity contribution in [1.29, 1.82) is 0 Å². The van der Waals surface area contributed by atoms with E-state index in [-0.39, 0.29) is 24.4 Å². The number of hydrogen-bond acceptors (Lipinski definition) is 5. The number of amides is 1. The fourth-order valence-electron chi connectivity index (χ4n) is 1.91. The van der Waals surface area contributed by atoms with E-state index in [1.54, 1.807) is 0 Å². The highest BCUT2D eigenvalue weighted by Crippen LogP contribution is 2.18. The van der Waals surface area contributed by atoms with Crippen LogP contribution in [0.15, 0.2) is 34.9 Å². The maximum atomic E-state index is 11.8. The zero-order valence-corrected chi connectivity index (χ0v) is 13.5. The van der Waals surface area contributed by atoms with Gasteiger partial charge in [-0.15, -0.1) is 12.4 Å². The maximum Gasteiger partial charge on any atom is 0.257 e. The number of halogens is 1. The molecule has 2 rings (SSSR count). The first kappa shape index (κ1) is 18.1. The van der Waals surface area contributed by atoms with Crippen LogP contribution in [0.25, 0.3) is 11.5 Å². The smallest absolute Gasteiger partial charge is 0.257 e. The predicted molar refractivity (Wildman–Crippen MR) is 86.7 cm³/mol. The highest BCUT2D eigenvalue weighted by molar-refractivity contribution is 5.85. The third kappa shape index (κ3) is 5.13. The summed E-state index contributed by atoms with van der Waals surface area (Å²) in [5, 5.41) is 9.81. The van der Waals surface area contributed by atoms with Gasteiger partial charge in [-0.1, -0.05) is 23.4 Å². The minimum atomic E-state index is -0.270. The first-order valence-corrected chi connectivity index (χ1v) is 7.03. The Bertz CT molecular complexity index is 574. The van der Waals surface area contributed by atoms with Crippen molar-refractivity contribution >= 4 is 18.3 Å². The lowest BCUT2D eigenvalue weighted by atomic mass is 10.2. The Kier molecular flexibility index (Phi) is 7.56. The molecule has 2 aromatic rings. The van der Waals surface area contributed by atoms with E-state index in [4.69, 9.17) is 4.52 Å². The number of carbonyl (C=O) groups excluding carboxylic acids is 1. The van der Waals surface area contributed by atoms with Gasteiger partial charge in [-0.05, 0) is 39.1 Å². The summed E-state index contributed by atoms with van der Waals surface area (Å²) in [5.74, 6) is 0.932. The third-order valence-electron chi connectivity index (χ3n) is 3.06. The van der Waals surface area contributed by atoms with Crippen LogP contribution >= 0.6 is 12.4 Å². The van der Waals surface area contributed by atoms with Crippen molar-refractivity contribution in [1.82, 2.24) is 20.8 Å². The SMILES string of the molecule is CNCCCC(=O)NC(C)c1noc(-c2ccccc2)n1.Cl. The van der Waals surface area contributed by atoms with E-state index in [1.807, 2.05) is 44.3 Å². The van der Waals surface area contributed by atoms with E-state index in [0.29, 0.717) is 18.1 Å². The van der Waals surface area contributed by atoms with E-state index < -0.39 is 0 Å². The van der Waals surface area contributed by atoms with E-state index in [9.17, 15) is 4.79 Å². The van der Waals surface area contributed by atoms with Crippen molar-refractivity contribution in [2.75, 3.05) is 13.6 Å². The average molecular weight is 325 g/mol. The molecule has 2 N–H and O–H groups in total. The van der Waals surface area contributed by atoms with Crippen LogP contribution in [0.4, 0.5) is 0 Å². The molecule has 1 atom stereocenters. The molecule has 1 aromatic heterocycles. The Labute approximate surface area is 136 Å². The fraction of sp³-hybridized carbons (Fsp3) is 0.400. The highest BCUT2D eigenvalue weighted by Gasteiger charge is 2.16. The van der Waals surface area contributed by atoms with Gasteiger partial charge in [0.2, 0.25) is 5.91 Å². The number of carbonyl (C=O) groups is 1. The fourth-order valence-corrected chi connectivity index (χ4v) is 1.91. The van der Waals surface area contributed by atoms with Crippen LogP contribution in [0.1, 0.15) is 31.6 Å². The summed E-state index contributed by atoms with van der Waals surface area (Å²) in [6, 6.07) is 9.28. The second-order valence-corrected chi connectivity index (χ2v) is 4.82. The molecule has 1 amide bonds. The molecule has 120 valence electrons. The van der Waals surface area contributed by atoms with Crippen molar-refractivity contribution in [2.24, 2.45) is 0 Å². The van der Waals surface area contributed by atoms with Crippen molar-refractivity contribution in [2.45, 2.75) is 25.8 Å². The van der Waals surface area contributed by atoms with E-state index in [0.717, 1.165) is 18.5 Å². The van der Waals surface area contributed by atoms with Crippen LogP contribution in [0.2, 0.25) is 0 Å². The van der Waals surface area contributed by atoms with E-state index >= 15 is 0 Å². The molecule has 6 nitrogen and oxygen atoms in total. The second-order valence-electron chi connectivity index (χ2n) is 4.82. The van der Waals surface area contributed by atoms with Crippen LogP contribution in [0.5, 0.6) is 0 Å². The van der Waals surface area contributed by atoms with Gasteiger partial charge in [0.25, 0.3) is 5.89 Å². The molecule has 0 saturated carbocycles. The molecule has 7 heteroatoms. The Hall–Kier alpha value is -1.92. The molecular weight excluding hydrogens is 304 g/mol. The molecule has 1 aromatic carbocycles. The third-order valence-corrected chi connectivity index (χ3v) is 3.06. The summed E-state index contributed by atoms with van der Waals surface area (Å²) in [7, 11) is 1.87. The van der Waals surface area contributed by atoms with Gasteiger partial charge < -0.3 is 15.2 Å². The van der Waals surface area contributed by atoms with Crippen LogP contribution < -0.4 is 10.6 Å². The summed E-state index contributed by atoms with van der Waals surface area (Å²) >= 11 is 0. The first-order chi connectivity index (χ1) is 10.2. The van der Waals surface area contributed by atoms with E-state index in [2.05, 4.69) is 20.8 Å². The van der Waals surface area contributed by atoms with Gasteiger partial charge in [0.15, 0.2) is 5.82 Å². The molecule has 0 bridgehead atoms. The summed E-state index contributed by atoms with van der Waals surface area (Å²) in [4.78, 5) is 16.1. The predicted octanol–water partition coefficient (Wildman–Crippen LogP) is 2.34. The molecule has 1 unspecified atom stereocenters. The standard InChI is InChI=1S/C15H20N4O2.ClH/c1-11(17-13(20)9-6-10-16-2)14-18-15(21-19-14)12-7-4-3-5-8-12;/h3-5,7-8,11,16H,6,9-10H2,1-2H3,(H,17,20);1H.